The Bertz CT molecular complexity index is 788. The van der Waals surface area contributed by atoms with Crippen molar-refractivity contribution in [1.82, 2.24) is 19.4 Å². The van der Waals surface area contributed by atoms with Crippen LogP contribution in [0.2, 0.25) is 0 Å². The van der Waals surface area contributed by atoms with Crippen molar-refractivity contribution in [2.24, 2.45) is 0 Å². The van der Waals surface area contributed by atoms with Gasteiger partial charge in [0.05, 0.1) is 18.1 Å². The summed E-state index contributed by atoms with van der Waals surface area (Å²) in [5.74, 6) is 0.0243. The summed E-state index contributed by atoms with van der Waals surface area (Å²) < 4.78 is 33.6. The molecule has 0 bridgehead atoms. The highest BCUT2D eigenvalue weighted by Gasteiger charge is 2.26. The van der Waals surface area contributed by atoms with E-state index >= 15 is 0 Å². The molecule has 0 spiro atoms. The average molecular weight is 453 g/mol. The molecule has 2 saturated heterocycles. The second-order valence-electron chi connectivity index (χ2n) is 8.09. The lowest BCUT2D eigenvalue weighted by Gasteiger charge is -2.30. The van der Waals surface area contributed by atoms with Gasteiger partial charge in [-0.2, -0.15) is 4.31 Å². The number of rotatable bonds is 10. The van der Waals surface area contributed by atoms with E-state index in [9.17, 15) is 13.2 Å². The minimum absolute atomic E-state index is 0.0243. The molecule has 9 heteroatoms. The quantitative estimate of drug-likeness (QED) is 0.565. The van der Waals surface area contributed by atoms with Crippen molar-refractivity contribution in [3.63, 3.8) is 0 Å². The van der Waals surface area contributed by atoms with Crippen LogP contribution in [-0.4, -0.2) is 101 Å². The zero-order valence-corrected chi connectivity index (χ0v) is 19.4. The van der Waals surface area contributed by atoms with Crippen molar-refractivity contribution in [1.29, 1.82) is 0 Å². The van der Waals surface area contributed by atoms with Gasteiger partial charge in [-0.1, -0.05) is 19.1 Å². The van der Waals surface area contributed by atoms with Gasteiger partial charge in [-0.15, -0.1) is 0 Å². The second-order valence-corrected chi connectivity index (χ2v) is 10.0. The number of benzene rings is 1. The maximum atomic E-state index is 13.4. The van der Waals surface area contributed by atoms with Gasteiger partial charge in [0.15, 0.2) is 0 Å². The van der Waals surface area contributed by atoms with Gasteiger partial charge in [0.1, 0.15) is 0 Å². The summed E-state index contributed by atoms with van der Waals surface area (Å²) in [4.78, 5) is 17.0. The van der Waals surface area contributed by atoms with E-state index in [1.807, 2.05) is 24.0 Å². The van der Waals surface area contributed by atoms with E-state index in [-0.39, 0.29) is 18.9 Å². The standard InChI is InChI=1S/C22H36N4O4S/c1-2-20-4-6-21(7-5-20)31(28,29)26(12-3-11-24-16-18-30-19-17-24)13-8-22(27)25-14-9-23-10-15-25/h4-7,23H,2-3,8-19H2,1H3. The third kappa shape index (κ3) is 6.98. The number of hydrogen-bond donors (Lipinski definition) is 1. The second kappa shape index (κ2) is 11.9. The van der Waals surface area contributed by atoms with Crippen LogP contribution in [-0.2, 0) is 26.0 Å². The number of aryl methyl sites for hydroxylation is 1. The van der Waals surface area contributed by atoms with Crippen molar-refractivity contribution in [3.8, 4) is 0 Å². The van der Waals surface area contributed by atoms with Crippen LogP contribution in [0.4, 0.5) is 0 Å². The van der Waals surface area contributed by atoms with E-state index in [1.165, 1.54) is 4.31 Å². The Morgan fingerprint density at radius 1 is 1.06 bits per heavy atom. The fourth-order valence-electron chi connectivity index (χ4n) is 3.99. The number of morpholine rings is 1. The molecule has 2 fully saturated rings. The van der Waals surface area contributed by atoms with E-state index in [2.05, 4.69) is 10.2 Å². The van der Waals surface area contributed by atoms with Gasteiger partial charge < -0.3 is 15.0 Å². The number of ether oxygens (including phenoxy) is 1. The summed E-state index contributed by atoms with van der Waals surface area (Å²) in [6.07, 6.45) is 1.81. The van der Waals surface area contributed by atoms with Crippen LogP contribution in [0.5, 0.6) is 0 Å². The van der Waals surface area contributed by atoms with Crippen LogP contribution in [0.1, 0.15) is 25.3 Å². The molecule has 0 radical (unpaired) electrons. The minimum Gasteiger partial charge on any atom is -0.379 e. The third-order valence-corrected chi connectivity index (χ3v) is 7.91. The number of carbonyl (C=O) groups excluding carboxylic acids is 1. The highest BCUT2D eigenvalue weighted by atomic mass is 32.2. The molecule has 174 valence electrons. The monoisotopic (exact) mass is 452 g/mol. The molecule has 2 aliphatic rings. The molecule has 0 aromatic heterocycles. The van der Waals surface area contributed by atoms with Crippen LogP contribution < -0.4 is 5.32 Å². The molecule has 1 aromatic carbocycles. The third-order valence-electron chi connectivity index (χ3n) is 6.00. The zero-order valence-electron chi connectivity index (χ0n) is 18.6. The van der Waals surface area contributed by atoms with Crippen molar-refractivity contribution in [2.75, 3.05) is 72.1 Å². The van der Waals surface area contributed by atoms with Crippen molar-refractivity contribution in [3.05, 3.63) is 29.8 Å². The van der Waals surface area contributed by atoms with Gasteiger partial charge in [0, 0.05) is 58.8 Å². The maximum absolute atomic E-state index is 13.4. The van der Waals surface area contributed by atoms with E-state index in [0.717, 1.165) is 64.3 Å². The Labute approximate surface area is 186 Å². The van der Waals surface area contributed by atoms with Gasteiger partial charge >= 0.3 is 0 Å². The maximum Gasteiger partial charge on any atom is 0.243 e. The molecule has 1 N–H and O–H groups in total. The van der Waals surface area contributed by atoms with Crippen LogP contribution in [0.15, 0.2) is 29.2 Å². The number of amides is 1. The molecular weight excluding hydrogens is 416 g/mol. The molecule has 2 aliphatic heterocycles. The lowest BCUT2D eigenvalue weighted by molar-refractivity contribution is -0.131. The Morgan fingerprint density at radius 2 is 1.74 bits per heavy atom. The number of hydrogen-bond acceptors (Lipinski definition) is 6. The molecule has 0 aliphatic carbocycles. The van der Waals surface area contributed by atoms with Crippen molar-refractivity contribution >= 4 is 15.9 Å². The van der Waals surface area contributed by atoms with Crippen LogP contribution >= 0.6 is 0 Å². The van der Waals surface area contributed by atoms with Gasteiger partial charge in [0.25, 0.3) is 0 Å². The Hall–Kier alpha value is -1.52. The first-order valence-corrected chi connectivity index (χ1v) is 12.8. The smallest absolute Gasteiger partial charge is 0.243 e. The van der Waals surface area contributed by atoms with Gasteiger partial charge in [-0.25, -0.2) is 8.42 Å². The fraction of sp³-hybridized carbons (Fsp3) is 0.682. The molecule has 0 unspecified atom stereocenters. The molecule has 8 nitrogen and oxygen atoms in total. The number of piperazine rings is 1. The summed E-state index contributed by atoms with van der Waals surface area (Å²) in [7, 11) is -3.65. The molecule has 0 atom stereocenters. The topological polar surface area (TPSA) is 82.2 Å². The number of nitrogens with one attached hydrogen (secondary N) is 1. The van der Waals surface area contributed by atoms with Gasteiger partial charge in [0.2, 0.25) is 15.9 Å². The fourth-order valence-corrected chi connectivity index (χ4v) is 5.47. The first-order chi connectivity index (χ1) is 15.0. The lowest BCUT2D eigenvalue weighted by Crippen LogP contribution is -2.47. The van der Waals surface area contributed by atoms with E-state index < -0.39 is 10.0 Å². The van der Waals surface area contributed by atoms with Gasteiger partial charge in [-0.3, -0.25) is 9.69 Å². The molecular formula is C22H36N4O4S. The lowest BCUT2D eigenvalue weighted by atomic mass is 10.2. The Balaban J connectivity index is 1.64. The van der Waals surface area contributed by atoms with Crippen molar-refractivity contribution in [2.45, 2.75) is 31.1 Å². The summed E-state index contributed by atoms with van der Waals surface area (Å²) in [6.45, 7) is 9.65. The average Bonchev–Trinajstić information content (AvgIpc) is 2.82. The first-order valence-electron chi connectivity index (χ1n) is 11.4. The summed E-state index contributed by atoms with van der Waals surface area (Å²) in [5.41, 5.74) is 1.10. The number of nitrogens with zero attached hydrogens (tertiary/aromatic N) is 3. The molecule has 1 aromatic rings. The normalized spacial score (nSPS) is 18.5. The zero-order chi connectivity index (χ0) is 22.1. The first kappa shape index (κ1) is 24.1. The van der Waals surface area contributed by atoms with Crippen LogP contribution in [0.25, 0.3) is 0 Å². The summed E-state index contributed by atoms with van der Waals surface area (Å²) in [5, 5.41) is 3.23. The molecule has 2 heterocycles. The largest absolute Gasteiger partial charge is 0.379 e. The summed E-state index contributed by atoms with van der Waals surface area (Å²) in [6, 6.07) is 7.10. The molecule has 1 amide bonds. The Morgan fingerprint density at radius 3 is 2.39 bits per heavy atom. The van der Waals surface area contributed by atoms with Gasteiger partial charge in [-0.05, 0) is 37.1 Å². The van der Waals surface area contributed by atoms with Crippen LogP contribution in [0, 0.1) is 0 Å². The predicted octanol–water partition coefficient (Wildman–Crippen LogP) is 0.784. The summed E-state index contributed by atoms with van der Waals surface area (Å²) >= 11 is 0. The molecule has 3 rings (SSSR count). The highest BCUT2D eigenvalue weighted by Crippen LogP contribution is 2.18. The van der Waals surface area contributed by atoms with E-state index in [4.69, 9.17) is 4.74 Å². The Kier molecular flexibility index (Phi) is 9.28. The number of sulfonamides is 1. The van der Waals surface area contributed by atoms with Crippen molar-refractivity contribution < 1.29 is 17.9 Å². The SMILES string of the molecule is CCc1ccc(S(=O)(=O)N(CCCN2CCOCC2)CCC(=O)N2CCNCC2)cc1. The predicted molar refractivity (Wildman–Crippen MR) is 121 cm³/mol. The molecule has 0 saturated carbocycles. The number of carbonyl (C=O) groups is 1. The van der Waals surface area contributed by atoms with E-state index in [1.54, 1.807) is 12.1 Å². The highest BCUT2D eigenvalue weighted by molar-refractivity contribution is 7.89. The van der Waals surface area contributed by atoms with Crippen LogP contribution in [0.3, 0.4) is 0 Å². The van der Waals surface area contributed by atoms with E-state index in [0.29, 0.717) is 24.5 Å². The molecule has 31 heavy (non-hydrogen) atoms. The minimum atomic E-state index is -3.65.